The van der Waals surface area contributed by atoms with Gasteiger partial charge < -0.3 is 15.5 Å². The van der Waals surface area contributed by atoms with E-state index in [0.717, 1.165) is 31.7 Å². The Kier molecular flexibility index (Phi) is 5.95. The molecule has 0 aliphatic heterocycles. The molecule has 2 aromatic heterocycles. The molecule has 8 heteroatoms. The number of carbonyl (C=O) groups excluding carboxylic acids is 1. The highest BCUT2D eigenvalue weighted by Crippen LogP contribution is 2.49. The van der Waals surface area contributed by atoms with Gasteiger partial charge in [0.05, 0.1) is 18.0 Å². The van der Waals surface area contributed by atoms with Gasteiger partial charge in [0.2, 0.25) is 5.82 Å². The standard InChI is InChI=1S/C24H25F2N3O3/c1-3-12-4-5-13(14-6-7-16(25)21(26)23(14)32-2)15(10-12)18-11-19(30)20-17(29-18)8-9-28-22(20)24(27)31/h6-9,11-13,15H,3-5,10H2,1-2H3,(H2,27,31)(H,29,30)/t12-,13?,15+/m0/s1. The first kappa shape index (κ1) is 21.9. The van der Waals surface area contributed by atoms with Crippen LogP contribution in [0.15, 0.2) is 35.3 Å². The van der Waals surface area contributed by atoms with E-state index in [1.807, 2.05) is 0 Å². The molecule has 3 aromatic rings. The van der Waals surface area contributed by atoms with Gasteiger partial charge in [-0.05, 0) is 43.2 Å². The van der Waals surface area contributed by atoms with E-state index < -0.39 is 17.5 Å². The number of fused-ring (bicyclic) bond motifs is 1. The van der Waals surface area contributed by atoms with Crippen molar-refractivity contribution in [2.24, 2.45) is 11.7 Å². The molecular weight excluding hydrogens is 416 g/mol. The summed E-state index contributed by atoms with van der Waals surface area (Å²) in [6, 6.07) is 5.78. The van der Waals surface area contributed by atoms with E-state index in [1.54, 1.807) is 12.1 Å². The van der Waals surface area contributed by atoms with Gasteiger partial charge in [0.1, 0.15) is 5.69 Å². The molecule has 1 aliphatic rings. The highest BCUT2D eigenvalue weighted by Gasteiger charge is 2.35. The molecule has 1 amide bonds. The number of H-pyrrole nitrogens is 1. The van der Waals surface area contributed by atoms with E-state index >= 15 is 0 Å². The molecule has 32 heavy (non-hydrogen) atoms. The molecule has 0 radical (unpaired) electrons. The molecule has 3 atom stereocenters. The van der Waals surface area contributed by atoms with E-state index in [0.29, 0.717) is 22.7 Å². The Hall–Kier alpha value is -3.29. The van der Waals surface area contributed by atoms with E-state index in [4.69, 9.17) is 10.5 Å². The Morgan fingerprint density at radius 2 is 2.03 bits per heavy atom. The lowest BCUT2D eigenvalue weighted by Gasteiger charge is -2.37. The number of benzene rings is 1. The van der Waals surface area contributed by atoms with Gasteiger partial charge >= 0.3 is 0 Å². The van der Waals surface area contributed by atoms with Crippen LogP contribution in [0.2, 0.25) is 0 Å². The Morgan fingerprint density at radius 3 is 2.72 bits per heavy atom. The molecule has 2 heterocycles. The van der Waals surface area contributed by atoms with Crippen LogP contribution in [-0.4, -0.2) is 23.0 Å². The number of pyridine rings is 2. The number of ether oxygens (including phenoxy) is 1. The zero-order chi connectivity index (χ0) is 23.0. The van der Waals surface area contributed by atoms with Crippen molar-refractivity contribution in [2.75, 3.05) is 7.11 Å². The molecule has 0 saturated heterocycles. The first-order valence-electron chi connectivity index (χ1n) is 10.7. The maximum Gasteiger partial charge on any atom is 0.268 e. The summed E-state index contributed by atoms with van der Waals surface area (Å²) in [5.41, 5.74) is 6.68. The maximum absolute atomic E-state index is 14.5. The summed E-state index contributed by atoms with van der Waals surface area (Å²) < 4.78 is 33.5. The topological polar surface area (TPSA) is 98.1 Å². The molecule has 1 saturated carbocycles. The summed E-state index contributed by atoms with van der Waals surface area (Å²) in [7, 11) is 1.32. The van der Waals surface area contributed by atoms with Crippen LogP contribution in [0.5, 0.6) is 5.75 Å². The third-order valence-corrected chi connectivity index (χ3v) is 6.62. The van der Waals surface area contributed by atoms with Gasteiger partial charge in [0.15, 0.2) is 17.0 Å². The van der Waals surface area contributed by atoms with Crippen molar-refractivity contribution < 1.29 is 18.3 Å². The number of aromatic nitrogens is 2. The summed E-state index contributed by atoms with van der Waals surface area (Å²) in [5, 5.41) is 0.147. The van der Waals surface area contributed by atoms with Crippen LogP contribution in [0, 0.1) is 17.6 Å². The Labute approximate surface area is 183 Å². The van der Waals surface area contributed by atoms with E-state index in [9.17, 15) is 18.4 Å². The predicted octanol–water partition coefficient (Wildman–Crippen LogP) is 4.39. The Bertz CT molecular complexity index is 1240. The molecule has 1 fully saturated rings. The lowest BCUT2D eigenvalue weighted by Crippen LogP contribution is -2.25. The van der Waals surface area contributed by atoms with Gasteiger partial charge in [-0.3, -0.25) is 14.6 Å². The minimum absolute atomic E-state index is 0.0794. The molecule has 6 nitrogen and oxygen atoms in total. The van der Waals surface area contributed by atoms with Gasteiger partial charge in [-0.25, -0.2) is 4.39 Å². The number of aromatic amines is 1. The highest BCUT2D eigenvalue weighted by molar-refractivity contribution is 6.03. The van der Waals surface area contributed by atoms with Crippen molar-refractivity contribution in [3.63, 3.8) is 0 Å². The van der Waals surface area contributed by atoms with Crippen LogP contribution in [0.1, 0.15) is 66.2 Å². The largest absolute Gasteiger partial charge is 0.493 e. The molecule has 0 spiro atoms. The third kappa shape index (κ3) is 3.74. The Balaban J connectivity index is 1.87. The molecule has 4 rings (SSSR count). The van der Waals surface area contributed by atoms with Crippen molar-refractivity contribution in [1.29, 1.82) is 0 Å². The zero-order valence-corrected chi connectivity index (χ0v) is 18.0. The predicted molar refractivity (Wildman–Crippen MR) is 117 cm³/mol. The lowest BCUT2D eigenvalue weighted by molar-refractivity contribution is 0.0997. The molecule has 3 N–H and O–H groups in total. The number of halogens is 2. The second-order valence-electron chi connectivity index (χ2n) is 8.32. The number of methoxy groups -OCH3 is 1. The molecule has 168 valence electrons. The highest BCUT2D eigenvalue weighted by atomic mass is 19.2. The summed E-state index contributed by atoms with van der Waals surface area (Å²) in [4.78, 5) is 31.9. The molecule has 1 aliphatic carbocycles. The molecule has 1 unspecified atom stereocenters. The quantitative estimate of drug-likeness (QED) is 0.614. The summed E-state index contributed by atoms with van der Waals surface area (Å²) in [6.07, 6.45) is 4.86. The number of carbonyl (C=O) groups is 1. The van der Waals surface area contributed by atoms with E-state index in [1.165, 1.54) is 19.4 Å². The van der Waals surface area contributed by atoms with Crippen molar-refractivity contribution >= 4 is 16.8 Å². The van der Waals surface area contributed by atoms with Gasteiger partial charge in [-0.15, -0.1) is 0 Å². The number of hydrogen-bond donors (Lipinski definition) is 2. The average molecular weight is 441 g/mol. The number of primary amides is 1. The van der Waals surface area contributed by atoms with Crippen molar-refractivity contribution in [3.8, 4) is 5.75 Å². The number of rotatable bonds is 5. The van der Waals surface area contributed by atoms with Crippen LogP contribution in [0.3, 0.4) is 0 Å². The van der Waals surface area contributed by atoms with Crippen LogP contribution in [-0.2, 0) is 0 Å². The smallest absolute Gasteiger partial charge is 0.268 e. The number of amides is 1. The SMILES string of the molecule is CC[C@H]1CCC(c2ccc(F)c(F)c2OC)[C@H](c2cc(=O)c3c(C(N)=O)nccc3[nH]2)C1. The van der Waals surface area contributed by atoms with Gasteiger partial charge in [0.25, 0.3) is 5.91 Å². The number of nitrogens with one attached hydrogen (secondary N) is 1. The fourth-order valence-corrected chi connectivity index (χ4v) is 5.00. The zero-order valence-electron chi connectivity index (χ0n) is 18.0. The summed E-state index contributed by atoms with van der Waals surface area (Å²) in [6.45, 7) is 2.12. The Morgan fingerprint density at radius 1 is 1.25 bits per heavy atom. The fraction of sp³-hybridized carbons (Fsp3) is 0.375. The fourth-order valence-electron chi connectivity index (χ4n) is 5.00. The molecule has 1 aromatic carbocycles. The number of nitrogens with zero attached hydrogens (tertiary/aromatic N) is 1. The third-order valence-electron chi connectivity index (χ3n) is 6.62. The van der Waals surface area contributed by atoms with Gasteiger partial charge in [-0.1, -0.05) is 19.4 Å². The van der Waals surface area contributed by atoms with Crippen LogP contribution < -0.4 is 15.9 Å². The van der Waals surface area contributed by atoms with Crippen LogP contribution in [0.25, 0.3) is 10.9 Å². The minimum Gasteiger partial charge on any atom is -0.493 e. The van der Waals surface area contributed by atoms with Crippen molar-refractivity contribution in [1.82, 2.24) is 9.97 Å². The van der Waals surface area contributed by atoms with Crippen LogP contribution >= 0.6 is 0 Å². The van der Waals surface area contributed by atoms with E-state index in [-0.39, 0.29) is 34.1 Å². The number of nitrogens with two attached hydrogens (primary N) is 1. The summed E-state index contributed by atoms with van der Waals surface area (Å²) >= 11 is 0. The van der Waals surface area contributed by atoms with Crippen molar-refractivity contribution in [3.05, 3.63) is 69.3 Å². The van der Waals surface area contributed by atoms with Gasteiger partial charge in [-0.2, -0.15) is 4.39 Å². The first-order valence-corrected chi connectivity index (χ1v) is 10.7. The lowest BCUT2D eigenvalue weighted by atomic mass is 9.69. The monoisotopic (exact) mass is 441 g/mol. The molecular formula is C24H25F2N3O3. The average Bonchev–Trinajstić information content (AvgIpc) is 2.79. The maximum atomic E-state index is 14.5. The summed E-state index contributed by atoms with van der Waals surface area (Å²) in [5.74, 6) is -2.73. The second-order valence-corrected chi connectivity index (χ2v) is 8.32. The number of hydrogen-bond acceptors (Lipinski definition) is 4. The van der Waals surface area contributed by atoms with E-state index in [2.05, 4.69) is 16.9 Å². The van der Waals surface area contributed by atoms with Gasteiger partial charge in [0, 0.05) is 29.4 Å². The first-order chi connectivity index (χ1) is 15.3. The van der Waals surface area contributed by atoms with Crippen molar-refractivity contribution in [2.45, 2.75) is 44.4 Å². The minimum atomic E-state index is -1.01. The second kappa shape index (κ2) is 8.68. The normalized spacial score (nSPS) is 20.9. The molecule has 0 bridgehead atoms. The van der Waals surface area contributed by atoms with Crippen LogP contribution in [0.4, 0.5) is 8.78 Å².